The zero-order chi connectivity index (χ0) is 15.1. The minimum absolute atomic E-state index is 0.148. The predicted molar refractivity (Wildman–Crippen MR) is 81.3 cm³/mol. The molecule has 0 spiro atoms. The molecule has 0 fully saturated rings. The summed E-state index contributed by atoms with van der Waals surface area (Å²) in [7, 11) is 1.92. The molecule has 0 bridgehead atoms. The van der Waals surface area contributed by atoms with Crippen molar-refractivity contribution < 1.29 is 18.9 Å². The van der Waals surface area contributed by atoms with Crippen molar-refractivity contribution in [1.82, 2.24) is 5.32 Å². The molecule has 0 aliphatic carbocycles. The summed E-state index contributed by atoms with van der Waals surface area (Å²) in [4.78, 5) is 0. The molecule has 0 unspecified atom stereocenters. The van der Waals surface area contributed by atoms with Crippen LogP contribution in [0.3, 0.4) is 0 Å². The summed E-state index contributed by atoms with van der Waals surface area (Å²) >= 11 is 0. The maximum Gasteiger partial charge on any atom is 0.0751 e. The smallest absolute Gasteiger partial charge is 0.0751 e. The fourth-order valence-electron chi connectivity index (χ4n) is 1.64. The van der Waals surface area contributed by atoms with Gasteiger partial charge in [-0.25, -0.2) is 0 Å². The summed E-state index contributed by atoms with van der Waals surface area (Å²) in [5.41, 5.74) is -0.148. The van der Waals surface area contributed by atoms with Crippen LogP contribution in [0.1, 0.15) is 33.6 Å². The van der Waals surface area contributed by atoms with Crippen LogP contribution in [0.25, 0.3) is 0 Å². The van der Waals surface area contributed by atoms with E-state index < -0.39 is 0 Å². The van der Waals surface area contributed by atoms with Gasteiger partial charge in [-0.05, 0) is 27.3 Å². The molecule has 1 N–H and O–H groups in total. The zero-order valence-electron chi connectivity index (χ0n) is 13.7. The molecule has 0 atom stereocenters. The second-order valence-corrected chi connectivity index (χ2v) is 5.33. The predicted octanol–water partition coefficient (Wildman–Crippen LogP) is 1.85. The molecule has 0 aliphatic rings. The van der Waals surface area contributed by atoms with Crippen molar-refractivity contribution in [3.63, 3.8) is 0 Å². The highest BCUT2D eigenvalue weighted by molar-refractivity contribution is 4.70. The maximum absolute atomic E-state index is 5.70. The Hall–Kier alpha value is -0.200. The quantitative estimate of drug-likeness (QED) is 0.467. The molecule has 122 valence electrons. The van der Waals surface area contributed by atoms with Crippen LogP contribution in [0.2, 0.25) is 0 Å². The molecule has 0 aromatic heterocycles. The third kappa shape index (κ3) is 14.2. The van der Waals surface area contributed by atoms with Crippen molar-refractivity contribution in [3.05, 3.63) is 0 Å². The maximum atomic E-state index is 5.70. The second-order valence-electron chi connectivity index (χ2n) is 5.33. The Morgan fingerprint density at radius 2 is 1.30 bits per heavy atom. The monoisotopic (exact) mass is 291 g/mol. The molecule has 0 saturated carbocycles. The SMILES string of the molecule is CCCCOCCOCCOCCOC(C)(C)CNC. The summed E-state index contributed by atoms with van der Waals surface area (Å²) in [6.07, 6.45) is 2.29. The molecule has 0 rings (SSSR count). The standard InChI is InChI=1S/C15H33NO4/c1-5-6-7-17-8-9-18-10-11-19-12-13-20-15(2,3)14-16-4/h16H,5-14H2,1-4H3. The van der Waals surface area contributed by atoms with Crippen LogP contribution in [0.4, 0.5) is 0 Å². The number of unbranched alkanes of at least 4 members (excludes halogenated alkanes) is 1. The Balaban J connectivity index is 3.13. The van der Waals surface area contributed by atoms with E-state index in [2.05, 4.69) is 26.1 Å². The van der Waals surface area contributed by atoms with Crippen LogP contribution in [-0.4, -0.2) is 65.4 Å². The van der Waals surface area contributed by atoms with E-state index in [4.69, 9.17) is 18.9 Å². The fraction of sp³-hybridized carbons (Fsp3) is 1.00. The summed E-state index contributed by atoms with van der Waals surface area (Å²) in [5, 5.41) is 3.10. The molecule has 0 radical (unpaired) electrons. The first-order valence-corrected chi connectivity index (χ1v) is 7.64. The third-order valence-corrected chi connectivity index (χ3v) is 2.71. The van der Waals surface area contributed by atoms with Crippen LogP contribution < -0.4 is 5.32 Å². The third-order valence-electron chi connectivity index (χ3n) is 2.71. The number of rotatable bonds is 15. The normalized spacial score (nSPS) is 12.0. The Morgan fingerprint density at radius 3 is 1.80 bits per heavy atom. The largest absolute Gasteiger partial charge is 0.379 e. The van der Waals surface area contributed by atoms with Crippen LogP contribution in [0, 0.1) is 0 Å². The molecule has 5 heteroatoms. The summed E-state index contributed by atoms with van der Waals surface area (Å²) in [5.74, 6) is 0. The van der Waals surface area contributed by atoms with Crippen molar-refractivity contribution in [2.45, 2.75) is 39.2 Å². The molecule has 20 heavy (non-hydrogen) atoms. The van der Waals surface area contributed by atoms with Crippen molar-refractivity contribution in [2.24, 2.45) is 0 Å². The van der Waals surface area contributed by atoms with Crippen LogP contribution in [0.15, 0.2) is 0 Å². The summed E-state index contributed by atoms with van der Waals surface area (Å²) in [6.45, 7) is 11.7. The molecular formula is C15H33NO4. The number of likely N-dealkylation sites (N-methyl/N-ethyl adjacent to an activating group) is 1. The van der Waals surface area contributed by atoms with E-state index in [-0.39, 0.29) is 5.60 Å². The first kappa shape index (κ1) is 19.8. The number of ether oxygens (including phenoxy) is 4. The second kappa shape index (κ2) is 13.8. The van der Waals surface area contributed by atoms with Gasteiger partial charge in [0.15, 0.2) is 0 Å². The Bertz CT molecular complexity index is 200. The molecular weight excluding hydrogens is 258 g/mol. The molecule has 0 aromatic rings. The number of nitrogens with one attached hydrogen (secondary N) is 1. The van der Waals surface area contributed by atoms with Gasteiger partial charge in [0, 0.05) is 13.2 Å². The highest BCUT2D eigenvalue weighted by Crippen LogP contribution is 2.06. The molecule has 0 aromatic carbocycles. The number of hydrogen-bond donors (Lipinski definition) is 1. The minimum atomic E-state index is -0.148. The highest BCUT2D eigenvalue weighted by Gasteiger charge is 2.16. The molecule has 0 saturated heterocycles. The molecule has 0 heterocycles. The van der Waals surface area contributed by atoms with E-state index in [1.54, 1.807) is 0 Å². The average molecular weight is 291 g/mol. The average Bonchev–Trinajstić information content (AvgIpc) is 2.40. The van der Waals surface area contributed by atoms with Gasteiger partial charge in [-0.2, -0.15) is 0 Å². The van der Waals surface area contributed by atoms with Gasteiger partial charge in [0.25, 0.3) is 0 Å². The van der Waals surface area contributed by atoms with Crippen molar-refractivity contribution in [2.75, 3.05) is 59.8 Å². The lowest BCUT2D eigenvalue weighted by molar-refractivity contribution is -0.0520. The Labute approximate surface area is 124 Å². The minimum Gasteiger partial charge on any atom is -0.379 e. The topological polar surface area (TPSA) is 49.0 Å². The lowest BCUT2D eigenvalue weighted by atomic mass is 10.1. The van der Waals surface area contributed by atoms with Crippen LogP contribution >= 0.6 is 0 Å². The van der Waals surface area contributed by atoms with E-state index >= 15 is 0 Å². The first-order valence-electron chi connectivity index (χ1n) is 7.64. The van der Waals surface area contributed by atoms with Gasteiger partial charge in [-0.15, -0.1) is 0 Å². The highest BCUT2D eigenvalue weighted by atomic mass is 16.6. The molecule has 0 aliphatic heterocycles. The van der Waals surface area contributed by atoms with Gasteiger partial charge in [0.2, 0.25) is 0 Å². The summed E-state index contributed by atoms with van der Waals surface area (Å²) < 4.78 is 21.9. The van der Waals surface area contributed by atoms with E-state index in [9.17, 15) is 0 Å². The molecule has 0 amide bonds. The van der Waals surface area contributed by atoms with Crippen molar-refractivity contribution in [1.29, 1.82) is 0 Å². The fourth-order valence-corrected chi connectivity index (χ4v) is 1.64. The Kier molecular flexibility index (Phi) is 13.6. The first-order chi connectivity index (χ1) is 9.62. The lowest BCUT2D eigenvalue weighted by Crippen LogP contribution is -2.36. The van der Waals surface area contributed by atoms with Crippen LogP contribution in [-0.2, 0) is 18.9 Å². The summed E-state index contributed by atoms with van der Waals surface area (Å²) in [6, 6.07) is 0. The van der Waals surface area contributed by atoms with E-state index in [1.165, 1.54) is 6.42 Å². The van der Waals surface area contributed by atoms with E-state index in [0.29, 0.717) is 39.6 Å². The zero-order valence-corrected chi connectivity index (χ0v) is 13.7. The van der Waals surface area contributed by atoms with Gasteiger partial charge in [-0.1, -0.05) is 13.3 Å². The van der Waals surface area contributed by atoms with E-state index in [1.807, 2.05) is 7.05 Å². The van der Waals surface area contributed by atoms with Gasteiger partial charge in [0.05, 0.1) is 45.2 Å². The van der Waals surface area contributed by atoms with Crippen LogP contribution in [0.5, 0.6) is 0 Å². The van der Waals surface area contributed by atoms with Gasteiger partial charge < -0.3 is 24.3 Å². The van der Waals surface area contributed by atoms with Crippen molar-refractivity contribution in [3.8, 4) is 0 Å². The Morgan fingerprint density at radius 1 is 0.800 bits per heavy atom. The van der Waals surface area contributed by atoms with Gasteiger partial charge in [-0.3, -0.25) is 0 Å². The van der Waals surface area contributed by atoms with Gasteiger partial charge >= 0.3 is 0 Å². The molecule has 5 nitrogen and oxygen atoms in total. The lowest BCUT2D eigenvalue weighted by Gasteiger charge is -2.24. The van der Waals surface area contributed by atoms with Crippen molar-refractivity contribution >= 4 is 0 Å². The number of hydrogen-bond acceptors (Lipinski definition) is 5. The van der Waals surface area contributed by atoms with Gasteiger partial charge in [0.1, 0.15) is 0 Å². The van der Waals surface area contributed by atoms with E-state index in [0.717, 1.165) is 19.6 Å².